The summed E-state index contributed by atoms with van der Waals surface area (Å²) < 4.78 is 16.6. The number of hydrogen-bond acceptors (Lipinski definition) is 3. The van der Waals surface area contributed by atoms with Crippen LogP contribution in [0.2, 0.25) is 0 Å². The molecule has 3 heterocycles. The van der Waals surface area contributed by atoms with Crippen LogP contribution in [0.15, 0.2) is 48.9 Å². The lowest BCUT2D eigenvalue weighted by molar-refractivity contribution is 0.431. The van der Waals surface area contributed by atoms with Gasteiger partial charge in [-0.3, -0.25) is 10.4 Å². The Kier molecular flexibility index (Phi) is 4.67. The van der Waals surface area contributed by atoms with Crippen molar-refractivity contribution in [3.05, 3.63) is 65.9 Å². The topological polar surface area (TPSA) is 65.7 Å². The van der Waals surface area contributed by atoms with Crippen molar-refractivity contribution in [1.82, 2.24) is 20.2 Å². The molecule has 1 unspecified atom stereocenters. The Balaban J connectivity index is 1.49. The van der Waals surface area contributed by atoms with Gasteiger partial charge in [-0.1, -0.05) is 12.1 Å². The summed E-state index contributed by atoms with van der Waals surface area (Å²) in [5, 5.41) is 15.8. The first-order chi connectivity index (χ1) is 12.7. The minimum absolute atomic E-state index is 0.234. The average molecular weight is 351 g/mol. The number of nitrogens with zero attached hydrogens (tertiary/aromatic N) is 2. The Bertz CT molecular complexity index is 927. The van der Waals surface area contributed by atoms with E-state index >= 15 is 0 Å². The van der Waals surface area contributed by atoms with Gasteiger partial charge in [-0.05, 0) is 37.6 Å². The van der Waals surface area contributed by atoms with Crippen LogP contribution in [0.4, 0.5) is 4.39 Å². The zero-order chi connectivity index (χ0) is 17.9. The van der Waals surface area contributed by atoms with E-state index in [-0.39, 0.29) is 17.7 Å². The summed E-state index contributed by atoms with van der Waals surface area (Å²) in [5.41, 5.74) is 2.16. The molecule has 1 fully saturated rings. The largest absolute Gasteiger partial charge is 0.366 e. The van der Waals surface area contributed by atoms with E-state index in [0.29, 0.717) is 17.7 Å². The summed E-state index contributed by atoms with van der Waals surface area (Å²) in [6.45, 7) is 2.31. The Hall–Kier alpha value is -2.73. The highest BCUT2D eigenvalue weighted by Crippen LogP contribution is 2.18. The van der Waals surface area contributed by atoms with E-state index < -0.39 is 0 Å². The molecule has 1 aromatic carbocycles. The number of nitrogens with one attached hydrogen (secondary N) is 3. The van der Waals surface area contributed by atoms with E-state index in [1.807, 2.05) is 29.0 Å². The fourth-order valence-electron chi connectivity index (χ4n) is 3.44. The average Bonchev–Trinajstić information content (AvgIpc) is 3.07. The van der Waals surface area contributed by atoms with Crippen LogP contribution in [0, 0.1) is 11.2 Å². The third kappa shape index (κ3) is 3.46. The first kappa shape index (κ1) is 16.7. The smallest absolute Gasteiger partial charge is 0.128 e. The lowest BCUT2D eigenvalue weighted by Gasteiger charge is -2.25. The molecule has 134 valence electrons. The van der Waals surface area contributed by atoms with Crippen LogP contribution >= 0.6 is 0 Å². The molecule has 6 heteroatoms. The summed E-state index contributed by atoms with van der Waals surface area (Å²) in [4.78, 5) is 4.15. The van der Waals surface area contributed by atoms with Crippen molar-refractivity contribution in [2.75, 3.05) is 13.1 Å². The van der Waals surface area contributed by atoms with Gasteiger partial charge in [-0.25, -0.2) is 4.39 Å². The molecule has 1 saturated heterocycles. The van der Waals surface area contributed by atoms with Gasteiger partial charge < -0.3 is 15.2 Å². The molecule has 1 atom stereocenters. The number of benzene rings is 1. The highest BCUT2D eigenvalue weighted by Gasteiger charge is 2.15. The molecular formula is C20H22FN5. The summed E-state index contributed by atoms with van der Waals surface area (Å²) in [7, 11) is 0. The second kappa shape index (κ2) is 7.25. The number of fused-ring (bicyclic) bond motifs is 1. The summed E-state index contributed by atoms with van der Waals surface area (Å²) in [6.07, 6.45) is 7.61. The predicted molar refractivity (Wildman–Crippen MR) is 101 cm³/mol. The molecule has 0 spiro atoms. The summed E-state index contributed by atoms with van der Waals surface area (Å²) in [6, 6.07) is 9.21. The van der Waals surface area contributed by atoms with Crippen molar-refractivity contribution >= 4 is 16.7 Å². The standard InChI is InChI=1S/C20H22FN5/c21-18-10-15(20(22)25-17-2-1-7-23-11-17)3-4-16(18)13-26-9-6-14-5-8-24-12-19(14)26/h3-6,8-10,12,17,23H,1-2,7,11,13H2,(H2,22,25). The van der Waals surface area contributed by atoms with Crippen LogP contribution in [0.1, 0.15) is 24.0 Å². The molecule has 1 aliphatic rings. The minimum Gasteiger partial charge on any atom is -0.366 e. The highest BCUT2D eigenvalue weighted by atomic mass is 19.1. The third-order valence-electron chi connectivity index (χ3n) is 4.90. The van der Waals surface area contributed by atoms with E-state index in [0.717, 1.165) is 36.8 Å². The summed E-state index contributed by atoms with van der Waals surface area (Å²) >= 11 is 0. The molecule has 4 rings (SSSR count). The number of piperidine rings is 1. The number of halogens is 1. The van der Waals surface area contributed by atoms with Gasteiger partial charge in [0.1, 0.15) is 11.7 Å². The number of pyridine rings is 1. The summed E-state index contributed by atoms with van der Waals surface area (Å²) in [5.74, 6) is -0.0127. The molecule has 1 aliphatic heterocycles. The van der Waals surface area contributed by atoms with Gasteiger partial charge >= 0.3 is 0 Å². The monoisotopic (exact) mass is 351 g/mol. The molecule has 3 N–H and O–H groups in total. The van der Waals surface area contributed by atoms with Gasteiger partial charge in [0.15, 0.2) is 0 Å². The minimum atomic E-state index is -0.290. The van der Waals surface area contributed by atoms with Crippen molar-refractivity contribution < 1.29 is 4.39 Å². The zero-order valence-electron chi connectivity index (χ0n) is 14.5. The number of amidine groups is 1. The van der Waals surface area contributed by atoms with Gasteiger partial charge in [0.05, 0.1) is 18.3 Å². The molecule has 0 saturated carbocycles. The Morgan fingerprint density at radius 1 is 1.35 bits per heavy atom. The fourth-order valence-corrected chi connectivity index (χ4v) is 3.44. The first-order valence-electron chi connectivity index (χ1n) is 8.94. The van der Waals surface area contributed by atoms with E-state index in [2.05, 4.69) is 15.6 Å². The second-order valence-corrected chi connectivity index (χ2v) is 6.75. The van der Waals surface area contributed by atoms with Crippen LogP contribution in [0.3, 0.4) is 0 Å². The van der Waals surface area contributed by atoms with E-state index in [9.17, 15) is 4.39 Å². The van der Waals surface area contributed by atoms with Crippen LogP contribution in [-0.2, 0) is 6.54 Å². The van der Waals surface area contributed by atoms with Crippen molar-refractivity contribution in [2.45, 2.75) is 25.4 Å². The van der Waals surface area contributed by atoms with Crippen LogP contribution in [-0.4, -0.2) is 34.5 Å². The van der Waals surface area contributed by atoms with E-state index in [1.54, 1.807) is 18.5 Å². The van der Waals surface area contributed by atoms with Crippen molar-refractivity contribution in [3.63, 3.8) is 0 Å². The van der Waals surface area contributed by atoms with E-state index in [4.69, 9.17) is 5.41 Å². The second-order valence-electron chi connectivity index (χ2n) is 6.75. The van der Waals surface area contributed by atoms with Gasteiger partial charge in [-0.2, -0.15) is 0 Å². The molecular weight excluding hydrogens is 329 g/mol. The Morgan fingerprint density at radius 2 is 2.27 bits per heavy atom. The molecule has 0 aliphatic carbocycles. The number of aromatic nitrogens is 2. The van der Waals surface area contributed by atoms with Gasteiger partial charge in [-0.15, -0.1) is 0 Å². The fraction of sp³-hybridized carbons (Fsp3) is 0.300. The molecule has 0 radical (unpaired) electrons. The molecule has 3 aromatic rings. The maximum Gasteiger partial charge on any atom is 0.128 e. The van der Waals surface area contributed by atoms with E-state index in [1.165, 1.54) is 6.07 Å². The molecule has 26 heavy (non-hydrogen) atoms. The molecule has 0 amide bonds. The zero-order valence-corrected chi connectivity index (χ0v) is 14.5. The quantitative estimate of drug-likeness (QED) is 0.500. The Morgan fingerprint density at radius 3 is 3.08 bits per heavy atom. The maximum atomic E-state index is 14.6. The third-order valence-corrected chi connectivity index (χ3v) is 4.90. The predicted octanol–water partition coefficient (Wildman–Crippen LogP) is 2.89. The SMILES string of the molecule is N=C(NC1CCCNC1)c1ccc(Cn2ccc3ccncc32)c(F)c1. The van der Waals surface area contributed by atoms with Gasteiger partial charge in [0.25, 0.3) is 0 Å². The highest BCUT2D eigenvalue weighted by molar-refractivity contribution is 5.96. The van der Waals surface area contributed by atoms with Crippen molar-refractivity contribution in [1.29, 1.82) is 5.41 Å². The van der Waals surface area contributed by atoms with Gasteiger partial charge in [0.2, 0.25) is 0 Å². The molecule has 5 nitrogen and oxygen atoms in total. The number of rotatable bonds is 4. The van der Waals surface area contributed by atoms with Crippen molar-refractivity contribution in [3.8, 4) is 0 Å². The van der Waals surface area contributed by atoms with Gasteiger partial charge in [0, 0.05) is 41.5 Å². The van der Waals surface area contributed by atoms with Crippen molar-refractivity contribution in [2.24, 2.45) is 0 Å². The lowest BCUT2D eigenvalue weighted by Crippen LogP contribution is -2.45. The normalized spacial score (nSPS) is 17.3. The van der Waals surface area contributed by atoms with Crippen LogP contribution in [0.5, 0.6) is 0 Å². The Labute approximate surface area is 151 Å². The maximum absolute atomic E-state index is 14.6. The van der Waals surface area contributed by atoms with Crippen LogP contribution in [0.25, 0.3) is 10.9 Å². The lowest BCUT2D eigenvalue weighted by atomic mass is 10.1. The van der Waals surface area contributed by atoms with Crippen LogP contribution < -0.4 is 10.6 Å². The molecule has 0 bridgehead atoms. The first-order valence-corrected chi connectivity index (χ1v) is 8.94. The molecule has 2 aromatic heterocycles. The number of hydrogen-bond donors (Lipinski definition) is 3.